The van der Waals surface area contributed by atoms with Crippen molar-refractivity contribution in [2.24, 2.45) is 0 Å². The minimum absolute atomic E-state index is 0.222. The number of hydrogen-bond acceptors (Lipinski definition) is 3. The van der Waals surface area contributed by atoms with E-state index in [-0.39, 0.29) is 12.1 Å². The number of rotatable bonds is 3. The van der Waals surface area contributed by atoms with E-state index in [0.717, 1.165) is 36.3 Å². The average molecular weight is 263 g/mol. The topological polar surface area (TPSA) is 38.8 Å². The van der Waals surface area contributed by atoms with E-state index in [9.17, 15) is 4.79 Å². The van der Waals surface area contributed by atoms with E-state index < -0.39 is 0 Å². The van der Waals surface area contributed by atoms with E-state index in [4.69, 9.17) is 9.47 Å². The SMILES string of the molecule is CCOC(=O)N1c2ccc(OC)cc2CCC1CC. The van der Waals surface area contributed by atoms with Crippen molar-refractivity contribution in [1.29, 1.82) is 0 Å². The van der Waals surface area contributed by atoms with Crippen LogP contribution in [-0.4, -0.2) is 25.9 Å². The van der Waals surface area contributed by atoms with Gasteiger partial charge in [0.1, 0.15) is 5.75 Å². The van der Waals surface area contributed by atoms with Crippen LogP contribution in [0.5, 0.6) is 5.75 Å². The summed E-state index contributed by atoms with van der Waals surface area (Å²) in [6.45, 7) is 4.33. The zero-order valence-electron chi connectivity index (χ0n) is 11.8. The lowest BCUT2D eigenvalue weighted by Crippen LogP contribution is -2.43. The highest BCUT2D eigenvalue weighted by Crippen LogP contribution is 2.34. The van der Waals surface area contributed by atoms with Crippen molar-refractivity contribution in [2.45, 2.75) is 39.2 Å². The zero-order chi connectivity index (χ0) is 13.8. The van der Waals surface area contributed by atoms with Crippen molar-refractivity contribution >= 4 is 11.8 Å². The lowest BCUT2D eigenvalue weighted by molar-refractivity contribution is 0.156. The van der Waals surface area contributed by atoms with Crippen LogP contribution in [0.25, 0.3) is 0 Å². The van der Waals surface area contributed by atoms with E-state index >= 15 is 0 Å². The molecule has 0 aliphatic carbocycles. The predicted molar refractivity (Wildman–Crippen MR) is 74.9 cm³/mol. The summed E-state index contributed by atoms with van der Waals surface area (Å²) < 4.78 is 10.4. The van der Waals surface area contributed by atoms with Crippen molar-refractivity contribution < 1.29 is 14.3 Å². The van der Waals surface area contributed by atoms with Crippen LogP contribution in [0, 0.1) is 0 Å². The van der Waals surface area contributed by atoms with E-state index in [2.05, 4.69) is 6.92 Å². The maximum absolute atomic E-state index is 12.2. The van der Waals surface area contributed by atoms with Crippen LogP contribution in [0.1, 0.15) is 32.3 Å². The standard InChI is InChI=1S/C15H21NO3/c1-4-12-7-6-11-10-13(18-3)8-9-14(11)16(12)15(17)19-5-2/h8-10,12H,4-7H2,1-3H3. The number of hydrogen-bond donors (Lipinski definition) is 0. The van der Waals surface area contributed by atoms with Crippen molar-refractivity contribution in [3.63, 3.8) is 0 Å². The fraction of sp³-hybridized carbons (Fsp3) is 0.533. The summed E-state index contributed by atoms with van der Waals surface area (Å²) in [5, 5.41) is 0. The second-order valence-corrected chi connectivity index (χ2v) is 4.66. The fourth-order valence-electron chi connectivity index (χ4n) is 2.60. The van der Waals surface area contributed by atoms with E-state index in [0.29, 0.717) is 6.61 Å². The molecule has 4 heteroatoms. The largest absolute Gasteiger partial charge is 0.497 e. The zero-order valence-corrected chi connectivity index (χ0v) is 11.8. The lowest BCUT2D eigenvalue weighted by atomic mass is 9.94. The number of methoxy groups -OCH3 is 1. The molecule has 1 unspecified atom stereocenters. The van der Waals surface area contributed by atoms with Gasteiger partial charge in [0.15, 0.2) is 0 Å². The Labute approximate surface area is 114 Å². The number of nitrogens with zero attached hydrogens (tertiary/aromatic N) is 1. The van der Waals surface area contributed by atoms with Gasteiger partial charge in [0, 0.05) is 6.04 Å². The van der Waals surface area contributed by atoms with Gasteiger partial charge in [0.05, 0.1) is 19.4 Å². The van der Waals surface area contributed by atoms with Crippen molar-refractivity contribution in [1.82, 2.24) is 0 Å². The molecule has 19 heavy (non-hydrogen) atoms. The van der Waals surface area contributed by atoms with Crippen LogP contribution in [0.2, 0.25) is 0 Å². The van der Waals surface area contributed by atoms with Gasteiger partial charge in [0.25, 0.3) is 0 Å². The summed E-state index contributed by atoms with van der Waals surface area (Å²) in [5.74, 6) is 0.831. The van der Waals surface area contributed by atoms with Crippen LogP contribution in [0.3, 0.4) is 0 Å². The molecular formula is C15H21NO3. The Morgan fingerprint density at radius 2 is 2.21 bits per heavy atom. The summed E-state index contributed by atoms with van der Waals surface area (Å²) >= 11 is 0. The van der Waals surface area contributed by atoms with E-state index in [1.807, 2.05) is 25.1 Å². The Morgan fingerprint density at radius 1 is 1.42 bits per heavy atom. The van der Waals surface area contributed by atoms with Gasteiger partial charge in [-0.15, -0.1) is 0 Å². The summed E-state index contributed by atoms with van der Waals surface area (Å²) in [6.07, 6.45) is 2.63. The van der Waals surface area contributed by atoms with Gasteiger partial charge in [-0.25, -0.2) is 4.79 Å². The molecule has 1 amide bonds. The molecule has 1 aromatic rings. The molecule has 0 radical (unpaired) electrons. The summed E-state index contributed by atoms with van der Waals surface area (Å²) in [6, 6.07) is 6.07. The molecule has 4 nitrogen and oxygen atoms in total. The quantitative estimate of drug-likeness (QED) is 0.839. The number of carbonyl (C=O) groups is 1. The Morgan fingerprint density at radius 3 is 2.84 bits per heavy atom. The normalized spacial score (nSPS) is 17.8. The molecule has 0 aromatic heterocycles. The Kier molecular flexibility index (Phi) is 4.30. The highest BCUT2D eigenvalue weighted by atomic mass is 16.6. The van der Waals surface area contributed by atoms with Gasteiger partial charge < -0.3 is 9.47 Å². The molecule has 0 bridgehead atoms. The number of aryl methyl sites for hydroxylation is 1. The molecule has 2 rings (SSSR count). The first-order chi connectivity index (χ1) is 9.21. The molecule has 0 spiro atoms. The predicted octanol–water partition coefficient (Wildman–Crippen LogP) is 3.38. The van der Waals surface area contributed by atoms with Crippen molar-refractivity contribution in [3.05, 3.63) is 23.8 Å². The number of ether oxygens (including phenoxy) is 2. The molecule has 0 fully saturated rings. The highest BCUT2D eigenvalue weighted by Gasteiger charge is 2.31. The number of fused-ring (bicyclic) bond motifs is 1. The van der Waals surface area contributed by atoms with Gasteiger partial charge in [-0.3, -0.25) is 4.90 Å². The minimum atomic E-state index is -0.250. The molecule has 1 aromatic carbocycles. The van der Waals surface area contributed by atoms with E-state index in [1.54, 1.807) is 12.0 Å². The molecule has 1 heterocycles. The summed E-state index contributed by atoms with van der Waals surface area (Å²) in [4.78, 5) is 14.0. The molecule has 1 aliphatic heterocycles. The molecule has 0 N–H and O–H groups in total. The summed E-state index contributed by atoms with van der Waals surface area (Å²) in [7, 11) is 1.66. The Hall–Kier alpha value is -1.71. The molecular weight excluding hydrogens is 242 g/mol. The van der Waals surface area contributed by atoms with Gasteiger partial charge >= 0.3 is 6.09 Å². The van der Waals surface area contributed by atoms with Crippen LogP contribution >= 0.6 is 0 Å². The van der Waals surface area contributed by atoms with Gasteiger partial charge in [0.2, 0.25) is 0 Å². The van der Waals surface area contributed by atoms with Crippen molar-refractivity contribution in [3.8, 4) is 5.75 Å². The number of amides is 1. The van der Waals surface area contributed by atoms with Crippen LogP contribution in [0.15, 0.2) is 18.2 Å². The minimum Gasteiger partial charge on any atom is -0.497 e. The molecule has 1 aliphatic rings. The number of benzene rings is 1. The van der Waals surface area contributed by atoms with Crippen LogP contribution in [0.4, 0.5) is 10.5 Å². The smallest absolute Gasteiger partial charge is 0.414 e. The van der Waals surface area contributed by atoms with E-state index in [1.165, 1.54) is 0 Å². The van der Waals surface area contributed by atoms with Crippen LogP contribution < -0.4 is 9.64 Å². The highest BCUT2D eigenvalue weighted by molar-refractivity contribution is 5.90. The van der Waals surface area contributed by atoms with Gasteiger partial charge in [-0.2, -0.15) is 0 Å². The second-order valence-electron chi connectivity index (χ2n) is 4.66. The third kappa shape index (κ3) is 2.67. The third-order valence-corrected chi connectivity index (χ3v) is 3.59. The van der Waals surface area contributed by atoms with Crippen molar-refractivity contribution in [2.75, 3.05) is 18.6 Å². The maximum Gasteiger partial charge on any atom is 0.414 e. The van der Waals surface area contributed by atoms with Crippen LogP contribution in [-0.2, 0) is 11.2 Å². The lowest BCUT2D eigenvalue weighted by Gasteiger charge is -2.36. The third-order valence-electron chi connectivity index (χ3n) is 3.59. The number of carbonyl (C=O) groups excluding carboxylic acids is 1. The molecule has 0 saturated carbocycles. The first kappa shape index (κ1) is 13.7. The first-order valence-electron chi connectivity index (χ1n) is 6.84. The fourth-order valence-corrected chi connectivity index (χ4v) is 2.60. The Balaban J connectivity index is 2.36. The maximum atomic E-state index is 12.2. The molecule has 1 atom stereocenters. The monoisotopic (exact) mass is 263 g/mol. The summed E-state index contributed by atoms with van der Waals surface area (Å²) in [5.41, 5.74) is 2.11. The molecule has 0 saturated heterocycles. The average Bonchev–Trinajstić information content (AvgIpc) is 2.45. The van der Waals surface area contributed by atoms with Gasteiger partial charge in [-0.05, 0) is 49.9 Å². The second kappa shape index (κ2) is 5.95. The first-order valence-corrected chi connectivity index (χ1v) is 6.84. The number of anilines is 1. The molecule has 104 valence electrons. The Bertz CT molecular complexity index is 459. The van der Waals surface area contributed by atoms with Gasteiger partial charge in [-0.1, -0.05) is 6.92 Å².